The number of piperazine rings is 1. The molecule has 0 bridgehead atoms. The highest BCUT2D eigenvalue weighted by molar-refractivity contribution is 5.93. The molecular formula is C18H22Cl2N6O. The van der Waals surface area contributed by atoms with Gasteiger partial charge in [-0.3, -0.25) is 9.78 Å². The lowest BCUT2D eigenvalue weighted by atomic mass is 10.1. The molecule has 3 heterocycles. The zero-order valence-electron chi connectivity index (χ0n) is 15.1. The number of halogens is 2. The van der Waals surface area contributed by atoms with Crippen LogP contribution in [0.1, 0.15) is 23.1 Å². The molecule has 1 amide bonds. The topological polar surface area (TPSA) is 75.9 Å². The summed E-state index contributed by atoms with van der Waals surface area (Å²) in [5.41, 5.74) is 2.96. The smallest absolute Gasteiger partial charge is 0.276 e. The first kappa shape index (κ1) is 21.1. The minimum absolute atomic E-state index is 0. The maximum absolute atomic E-state index is 12.9. The minimum atomic E-state index is -0.0554. The summed E-state index contributed by atoms with van der Waals surface area (Å²) in [6, 6.07) is 9.96. The second-order valence-electron chi connectivity index (χ2n) is 6.37. The van der Waals surface area contributed by atoms with Gasteiger partial charge < -0.3 is 10.2 Å². The van der Waals surface area contributed by atoms with Gasteiger partial charge >= 0.3 is 0 Å². The standard InChI is InChI=1S/C18H20N6O.2ClH/c1-12-11-19-8-9-23(12)18(25)17-13(2)24(22-21-17)15-5-6-16-14(10-15)4-3-7-20-16;;/h3-7,10,12,19H,8-9,11H2,1-2H3;2*1H/t12-;;/m1../s1. The number of amides is 1. The van der Waals surface area contributed by atoms with Crippen molar-refractivity contribution in [2.24, 2.45) is 0 Å². The summed E-state index contributed by atoms with van der Waals surface area (Å²) in [4.78, 5) is 19.1. The third kappa shape index (κ3) is 3.90. The van der Waals surface area contributed by atoms with Crippen molar-refractivity contribution in [1.29, 1.82) is 0 Å². The largest absolute Gasteiger partial charge is 0.332 e. The number of aromatic nitrogens is 4. The highest BCUT2D eigenvalue weighted by atomic mass is 35.5. The first-order valence-electron chi connectivity index (χ1n) is 8.44. The second-order valence-corrected chi connectivity index (χ2v) is 6.37. The summed E-state index contributed by atoms with van der Waals surface area (Å²) in [7, 11) is 0. The Morgan fingerprint density at radius 1 is 1.26 bits per heavy atom. The second kappa shape index (κ2) is 8.65. The van der Waals surface area contributed by atoms with E-state index in [1.807, 2.05) is 49.1 Å². The molecule has 1 N–H and O–H groups in total. The normalized spacial score (nSPS) is 16.5. The lowest BCUT2D eigenvalue weighted by Gasteiger charge is -2.33. The van der Waals surface area contributed by atoms with E-state index in [1.165, 1.54) is 0 Å². The Labute approximate surface area is 170 Å². The quantitative estimate of drug-likeness (QED) is 0.704. The Morgan fingerprint density at radius 3 is 2.85 bits per heavy atom. The molecular weight excluding hydrogens is 387 g/mol. The number of hydrogen-bond donors (Lipinski definition) is 1. The van der Waals surface area contributed by atoms with Gasteiger partial charge in [-0.1, -0.05) is 11.3 Å². The van der Waals surface area contributed by atoms with Crippen LogP contribution >= 0.6 is 24.8 Å². The van der Waals surface area contributed by atoms with E-state index < -0.39 is 0 Å². The van der Waals surface area contributed by atoms with Gasteiger partial charge in [-0.2, -0.15) is 0 Å². The predicted octanol–water partition coefficient (Wildman–Crippen LogP) is 2.40. The lowest BCUT2D eigenvalue weighted by molar-refractivity contribution is 0.0649. The third-order valence-corrected chi connectivity index (χ3v) is 4.69. The van der Waals surface area contributed by atoms with Crippen LogP contribution in [0.5, 0.6) is 0 Å². The van der Waals surface area contributed by atoms with E-state index in [2.05, 4.69) is 20.6 Å². The lowest BCUT2D eigenvalue weighted by Crippen LogP contribution is -2.52. The Balaban J connectivity index is 0.00000131. The molecule has 1 atom stereocenters. The van der Waals surface area contributed by atoms with Crippen molar-refractivity contribution < 1.29 is 4.79 Å². The van der Waals surface area contributed by atoms with Crippen LogP contribution in [0.4, 0.5) is 0 Å². The predicted molar refractivity (Wildman–Crippen MR) is 109 cm³/mol. The van der Waals surface area contributed by atoms with Gasteiger partial charge in [0.1, 0.15) is 0 Å². The van der Waals surface area contributed by atoms with Crippen LogP contribution in [0.15, 0.2) is 36.5 Å². The number of benzene rings is 1. The zero-order valence-corrected chi connectivity index (χ0v) is 16.8. The number of carbonyl (C=O) groups excluding carboxylic acids is 1. The fourth-order valence-corrected chi connectivity index (χ4v) is 3.25. The Kier molecular flexibility index (Phi) is 6.75. The van der Waals surface area contributed by atoms with Crippen LogP contribution in [-0.2, 0) is 0 Å². The van der Waals surface area contributed by atoms with Crippen LogP contribution in [0.2, 0.25) is 0 Å². The summed E-state index contributed by atoms with van der Waals surface area (Å²) in [5, 5.41) is 12.7. The van der Waals surface area contributed by atoms with Crippen LogP contribution in [0.25, 0.3) is 16.6 Å². The zero-order chi connectivity index (χ0) is 17.4. The van der Waals surface area contributed by atoms with Gasteiger partial charge in [0.25, 0.3) is 5.91 Å². The first-order chi connectivity index (χ1) is 12.1. The summed E-state index contributed by atoms with van der Waals surface area (Å²) in [6.45, 7) is 6.22. The van der Waals surface area contributed by atoms with Gasteiger partial charge in [0, 0.05) is 37.3 Å². The molecule has 4 rings (SSSR count). The van der Waals surface area contributed by atoms with Gasteiger partial charge in [0.05, 0.1) is 16.9 Å². The van der Waals surface area contributed by atoms with Gasteiger partial charge in [-0.25, -0.2) is 4.68 Å². The van der Waals surface area contributed by atoms with E-state index in [1.54, 1.807) is 10.9 Å². The fraction of sp³-hybridized carbons (Fsp3) is 0.333. The Morgan fingerprint density at radius 2 is 2.07 bits per heavy atom. The molecule has 1 aliphatic rings. The Bertz CT molecular complexity index is 945. The molecule has 0 unspecified atom stereocenters. The molecule has 1 aliphatic heterocycles. The van der Waals surface area contributed by atoms with Crippen molar-refractivity contribution in [3.05, 3.63) is 47.9 Å². The minimum Gasteiger partial charge on any atom is -0.332 e. The van der Waals surface area contributed by atoms with Crippen LogP contribution in [0.3, 0.4) is 0 Å². The average molecular weight is 409 g/mol. The maximum Gasteiger partial charge on any atom is 0.276 e. The van der Waals surface area contributed by atoms with Crippen molar-refractivity contribution in [3.8, 4) is 5.69 Å². The molecule has 0 aliphatic carbocycles. The Hall–Kier alpha value is -2.22. The van der Waals surface area contributed by atoms with Gasteiger partial charge in [0.15, 0.2) is 5.69 Å². The molecule has 0 saturated carbocycles. The molecule has 27 heavy (non-hydrogen) atoms. The molecule has 0 radical (unpaired) electrons. The molecule has 0 spiro atoms. The van der Waals surface area contributed by atoms with Crippen LogP contribution < -0.4 is 5.32 Å². The van der Waals surface area contributed by atoms with E-state index >= 15 is 0 Å². The van der Waals surface area contributed by atoms with Crippen molar-refractivity contribution in [2.45, 2.75) is 19.9 Å². The van der Waals surface area contributed by atoms with Gasteiger partial charge in [0.2, 0.25) is 0 Å². The van der Waals surface area contributed by atoms with E-state index in [0.717, 1.165) is 35.4 Å². The number of nitrogens with zero attached hydrogens (tertiary/aromatic N) is 5. The first-order valence-corrected chi connectivity index (χ1v) is 8.44. The average Bonchev–Trinajstić information content (AvgIpc) is 3.02. The van der Waals surface area contributed by atoms with Gasteiger partial charge in [-0.05, 0) is 38.1 Å². The summed E-state index contributed by atoms with van der Waals surface area (Å²) in [6.07, 6.45) is 1.77. The molecule has 2 aromatic heterocycles. The summed E-state index contributed by atoms with van der Waals surface area (Å²) < 4.78 is 1.71. The fourth-order valence-electron chi connectivity index (χ4n) is 3.25. The highest BCUT2D eigenvalue weighted by Crippen LogP contribution is 2.19. The van der Waals surface area contributed by atoms with Crippen molar-refractivity contribution in [2.75, 3.05) is 19.6 Å². The highest BCUT2D eigenvalue weighted by Gasteiger charge is 2.28. The molecule has 9 heteroatoms. The number of carbonyl (C=O) groups is 1. The molecule has 1 aromatic carbocycles. The molecule has 1 saturated heterocycles. The summed E-state index contributed by atoms with van der Waals surface area (Å²) >= 11 is 0. The van der Waals surface area contributed by atoms with Crippen LogP contribution in [-0.4, -0.2) is 56.5 Å². The van der Waals surface area contributed by atoms with E-state index in [-0.39, 0.29) is 36.8 Å². The molecule has 3 aromatic rings. The number of pyridine rings is 1. The van der Waals surface area contributed by atoms with Gasteiger partial charge in [-0.15, -0.1) is 29.9 Å². The van der Waals surface area contributed by atoms with Crippen molar-refractivity contribution in [1.82, 2.24) is 30.2 Å². The monoisotopic (exact) mass is 408 g/mol. The van der Waals surface area contributed by atoms with E-state index in [0.29, 0.717) is 12.2 Å². The number of rotatable bonds is 2. The maximum atomic E-state index is 12.9. The van der Waals surface area contributed by atoms with E-state index in [9.17, 15) is 4.79 Å². The SMILES string of the molecule is Cc1c(C(=O)N2CCNC[C@H]2C)nnn1-c1ccc2ncccc2c1.Cl.Cl. The number of nitrogens with one attached hydrogen (secondary N) is 1. The number of hydrogen-bond acceptors (Lipinski definition) is 5. The molecule has 7 nitrogen and oxygen atoms in total. The molecule has 1 fully saturated rings. The third-order valence-electron chi connectivity index (χ3n) is 4.69. The van der Waals surface area contributed by atoms with Crippen molar-refractivity contribution >= 4 is 41.6 Å². The number of fused-ring (bicyclic) bond motifs is 1. The summed E-state index contributed by atoms with van der Waals surface area (Å²) in [5.74, 6) is -0.0554. The van der Waals surface area contributed by atoms with Crippen molar-refractivity contribution in [3.63, 3.8) is 0 Å². The van der Waals surface area contributed by atoms with Crippen LogP contribution in [0, 0.1) is 6.92 Å². The van der Waals surface area contributed by atoms with E-state index in [4.69, 9.17) is 0 Å². The molecule has 144 valence electrons.